The molecular weight excluding hydrogens is 290 g/mol. The summed E-state index contributed by atoms with van der Waals surface area (Å²) >= 11 is 1.61. The maximum absolute atomic E-state index is 13.7. The minimum absolute atomic E-state index is 0.0164. The van der Waals surface area contributed by atoms with E-state index in [2.05, 4.69) is 31.1 Å². The summed E-state index contributed by atoms with van der Waals surface area (Å²) < 4.78 is 27.0. The van der Waals surface area contributed by atoms with Gasteiger partial charge >= 0.3 is 0 Å². The van der Waals surface area contributed by atoms with Gasteiger partial charge in [0.15, 0.2) is 11.6 Å². The van der Waals surface area contributed by atoms with Crippen LogP contribution in [0.5, 0.6) is 0 Å². The van der Waals surface area contributed by atoms with Gasteiger partial charge in [-0.25, -0.2) is 13.8 Å². The van der Waals surface area contributed by atoms with Gasteiger partial charge in [-0.15, -0.1) is 11.3 Å². The molecule has 1 atom stereocenters. The fourth-order valence-electron chi connectivity index (χ4n) is 2.04. The van der Waals surface area contributed by atoms with E-state index in [9.17, 15) is 8.78 Å². The lowest BCUT2D eigenvalue weighted by molar-refractivity contribution is 0.510. The maximum Gasteiger partial charge on any atom is 0.181 e. The largest absolute Gasteiger partial charge is 0.375 e. The van der Waals surface area contributed by atoms with Crippen molar-refractivity contribution in [3.63, 3.8) is 0 Å². The van der Waals surface area contributed by atoms with Crippen molar-refractivity contribution in [2.45, 2.75) is 46.1 Å². The lowest BCUT2D eigenvalue weighted by Crippen LogP contribution is -2.10. The van der Waals surface area contributed by atoms with E-state index in [0.29, 0.717) is 0 Å². The molecule has 0 fully saturated rings. The summed E-state index contributed by atoms with van der Waals surface area (Å²) in [5.74, 6) is -1.69. The van der Waals surface area contributed by atoms with Crippen molar-refractivity contribution in [3.8, 4) is 0 Å². The van der Waals surface area contributed by atoms with E-state index in [1.54, 1.807) is 11.3 Å². The topological polar surface area (TPSA) is 24.9 Å². The van der Waals surface area contributed by atoms with Gasteiger partial charge in [0.05, 0.1) is 22.4 Å². The van der Waals surface area contributed by atoms with Crippen LogP contribution in [0.4, 0.5) is 14.5 Å². The number of benzene rings is 1. The molecule has 1 aromatic carbocycles. The Morgan fingerprint density at radius 3 is 2.48 bits per heavy atom. The molecule has 0 aliphatic heterocycles. The molecule has 1 N–H and O–H groups in total. The van der Waals surface area contributed by atoms with Gasteiger partial charge in [-0.2, -0.15) is 0 Å². The summed E-state index contributed by atoms with van der Waals surface area (Å²) in [6.07, 6.45) is 0. The molecule has 0 spiro atoms. The van der Waals surface area contributed by atoms with Crippen molar-refractivity contribution in [3.05, 3.63) is 45.4 Å². The Bertz CT molecular complexity index is 644. The van der Waals surface area contributed by atoms with Gasteiger partial charge in [0.1, 0.15) is 0 Å². The first kappa shape index (κ1) is 15.9. The molecule has 0 saturated carbocycles. The zero-order chi connectivity index (χ0) is 15.8. The van der Waals surface area contributed by atoms with Gasteiger partial charge < -0.3 is 5.32 Å². The summed E-state index contributed by atoms with van der Waals surface area (Å²) in [6, 6.07) is 4.01. The fraction of sp³-hybridized carbons (Fsp3) is 0.438. The van der Waals surface area contributed by atoms with Crippen molar-refractivity contribution in [1.29, 1.82) is 0 Å². The third-order valence-corrected chi connectivity index (χ3v) is 4.96. The van der Waals surface area contributed by atoms with Crippen molar-refractivity contribution in [1.82, 2.24) is 4.98 Å². The molecule has 0 aliphatic rings. The van der Waals surface area contributed by atoms with Crippen LogP contribution in [-0.4, -0.2) is 4.98 Å². The van der Waals surface area contributed by atoms with Crippen LogP contribution >= 0.6 is 11.3 Å². The van der Waals surface area contributed by atoms with E-state index in [1.165, 1.54) is 12.1 Å². The molecule has 1 heterocycles. The van der Waals surface area contributed by atoms with Crippen LogP contribution in [0.3, 0.4) is 0 Å². The molecule has 0 aliphatic carbocycles. The SMILES string of the molecule is Cc1nc(C(C)(C)C)sc1C(C)Nc1cccc(F)c1F. The summed E-state index contributed by atoms with van der Waals surface area (Å²) in [7, 11) is 0. The highest BCUT2D eigenvalue weighted by atomic mass is 32.1. The molecule has 2 aromatic rings. The second-order valence-corrected chi connectivity index (χ2v) is 7.22. The van der Waals surface area contributed by atoms with Crippen molar-refractivity contribution < 1.29 is 8.78 Å². The van der Waals surface area contributed by atoms with Crippen LogP contribution in [-0.2, 0) is 5.41 Å². The zero-order valence-corrected chi connectivity index (χ0v) is 13.7. The number of hydrogen-bond acceptors (Lipinski definition) is 3. The Hall–Kier alpha value is -1.49. The molecule has 0 radical (unpaired) electrons. The second kappa shape index (κ2) is 5.72. The molecule has 1 unspecified atom stereocenters. The number of thiazole rings is 1. The first-order chi connectivity index (χ1) is 9.70. The predicted octanol–water partition coefficient (Wildman–Crippen LogP) is 5.20. The molecule has 2 nitrogen and oxygen atoms in total. The Balaban J connectivity index is 2.27. The molecule has 21 heavy (non-hydrogen) atoms. The third-order valence-electron chi connectivity index (χ3n) is 3.19. The molecule has 5 heteroatoms. The number of aryl methyl sites for hydroxylation is 1. The van der Waals surface area contributed by atoms with Crippen LogP contribution in [0.25, 0.3) is 0 Å². The van der Waals surface area contributed by atoms with E-state index in [-0.39, 0.29) is 17.1 Å². The third kappa shape index (κ3) is 3.40. The summed E-state index contributed by atoms with van der Waals surface area (Å²) in [5, 5.41) is 4.07. The van der Waals surface area contributed by atoms with Crippen molar-refractivity contribution in [2.24, 2.45) is 0 Å². The van der Waals surface area contributed by atoms with E-state index < -0.39 is 11.6 Å². The lowest BCUT2D eigenvalue weighted by atomic mass is 9.98. The summed E-state index contributed by atoms with van der Waals surface area (Å²) in [6.45, 7) is 10.2. The van der Waals surface area contributed by atoms with E-state index in [1.807, 2.05) is 13.8 Å². The quantitative estimate of drug-likeness (QED) is 0.842. The van der Waals surface area contributed by atoms with Gasteiger partial charge in [0.25, 0.3) is 0 Å². The highest BCUT2D eigenvalue weighted by Crippen LogP contribution is 2.34. The Labute approximate surface area is 128 Å². The summed E-state index contributed by atoms with van der Waals surface area (Å²) in [4.78, 5) is 5.64. The lowest BCUT2D eigenvalue weighted by Gasteiger charge is -2.16. The average molecular weight is 310 g/mol. The predicted molar refractivity (Wildman–Crippen MR) is 83.9 cm³/mol. The van der Waals surface area contributed by atoms with Crippen LogP contribution in [0, 0.1) is 18.6 Å². The minimum atomic E-state index is -0.845. The van der Waals surface area contributed by atoms with Gasteiger partial charge in [-0.05, 0) is 26.0 Å². The van der Waals surface area contributed by atoms with Crippen LogP contribution in [0.15, 0.2) is 18.2 Å². The van der Waals surface area contributed by atoms with Crippen LogP contribution in [0.2, 0.25) is 0 Å². The number of rotatable bonds is 3. The average Bonchev–Trinajstić information content (AvgIpc) is 2.77. The zero-order valence-electron chi connectivity index (χ0n) is 12.9. The summed E-state index contributed by atoms with van der Waals surface area (Å²) in [5.41, 5.74) is 1.09. The molecule has 2 rings (SSSR count). The van der Waals surface area contributed by atoms with Gasteiger partial charge in [0, 0.05) is 10.3 Å². The standard InChI is InChI=1S/C16H20F2N2S/c1-9(19-12-8-6-7-11(17)13(12)18)14-10(2)20-15(21-14)16(3,4)5/h6-9,19H,1-5H3. The number of halogens is 2. The van der Waals surface area contributed by atoms with Crippen molar-refractivity contribution in [2.75, 3.05) is 5.32 Å². The fourth-order valence-corrected chi connectivity index (χ4v) is 3.17. The van der Waals surface area contributed by atoms with Crippen LogP contribution < -0.4 is 5.32 Å². The van der Waals surface area contributed by atoms with Gasteiger partial charge in [0.2, 0.25) is 0 Å². The van der Waals surface area contributed by atoms with Gasteiger partial charge in [-0.3, -0.25) is 0 Å². The monoisotopic (exact) mass is 310 g/mol. The number of hydrogen-bond donors (Lipinski definition) is 1. The molecule has 0 bridgehead atoms. The number of aromatic nitrogens is 1. The van der Waals surface area contributed by atoms with E-state index in [4.69, 9.17) is 0 Å². The molecule has 1 aromatic heterocycles. The maximum atomic E-state index is 13.7. The smallest absolute Gasteiger partial charge is 0.181 e. The normalized spacial score (nSPS) is 13.3. The second-order valence-electron chi connectivity index (χ2n) is 6.19. The Morgan fingerprint density at radius 2 is 1.90 bits per heavy atom. The molecule has 0 amide bonds. The van der Waals surface area contributed by atoms with Crippen LogP contribution in [0.1, 0.15) is 49.3 Å². The number of anilines is 1. The highest BCUT2D eigenvalue weighted by Gasteiger charge is 2.23. The highest BCUT2D eigenvalue weighted by molar-refractivity contribution is 7.12. The Kier molecular flexibility index (Phi) is 4.33. The number of nitrogens with zero attached hydrogens (tertiary/aromatic N) is 1. The molecular formula is C16H20F2N2S. The molecule has 0 saturated heterocycles. The Morgan fingerprint density at radius 1 is 1.24 bits per heavy atom. The minimum Gasteiger partial charge on any atom is -0.375 e. The van der Waals surface area contributed by atoms with E-state index >= 15 is 0 Å². The van der Waals surface area contributed by atoms with Gasteiger partial charge in [-0.1, -0.05) is 26.8 Å². The first-order valence-corrected chi connectivity index (χ1v) is 7.70. The van der Waals surface area contributed by atoms with E-state index in [0.717, 1.165) is 21.6 Å². The molecule has 114 valence electrons. The first-order valence-electron chi connectivity index (χ1n) is 6.88. The van der Waals surface area contributed by atoms with Crippen molar-refractivity contribution >= 4 is 17.0 Å². The number of nitrogens with one attached hydrogen (secondary N) is 1.